The van der Waals surface area contributed by atoms with Crippen molar-refractivity contribution in [3.05, 3.63) is 35.4 Å². The van der Waals surface area contributed by atoms with Crippen molar-refractivity contribution in [2.24, 2.45) is 0 Å². The monoisotopic (exact) mass is 305 g/mol. The maximum atomic E-state index is 12.3. The molecule has 2 aromatic heterocycles. The molecule has 0 saturated heterocycles. The molecule has 0 aliphatic rings. The maximum Gasteiger partial charge on any atom is 0.325 e. The van der Waals surface area contributed by atoms with Crippen LogP contribution in [0.25, 0.3) is 0 Å². The highest BCUT2D eigenvalue weighted by Crippen LogP contribution is 2.11. The lowest BCUT2D eigenvalue weighted by molar-refractivity contribution is -0.137. The third-order valence-electron chi connectivity index (χ3n) is 3.42. The van der Waals surface area contributed by atoms with E-state index in [0.717, 1.165) is 17.8 Å². The summed E-state index contributed by atoms with van der Waals surface area (Å²) in [6, 6.07) is 1.52. The molecule has 2 rings (SSSR count). The highest BCUT2D eigenvalue weighted by Gasteiger charge is 2.17. The molecule has 1 N–H and O–H groups in total. The number of carboxylic acids is 1. The van der Waals surface area contributed by atoms with Gasteiger partial charge >= 0.3 is 5.97 Å². The van der Waals surface area contributed by atoms with Crippen LogP contribution in [-0.4, -0.2) is 48.5 Å². The topological polar surface area (TPSA) is 93.2 Å². The molecule has 0 atom stereocenters. The second-order valence-electron chi connectivity index (χ2n) is 5.02. The molecule has 0 saturated carbocycles. The first-order valence-electron chi connectivity index (χ1n) is 6.94. The summed E-state index contributed by atoms with van der Waals surface area (Å²) >= 11 is 0. The molecular formula is C14H19N5O3. The quantitative estimate of drug-likeness (QED) is 0.850. The van der Waals surface area contributed by atoms with Crippen LogP contribution in [0.5, 0.6) is 0 Å². The van der Waals surface area contributed by atoms with Crippen molar-refractivity contribution in [3.8, 4) is 0 Å². The number of hydrogen-bond donors (Lipinski definition) is 1. The van der Waals surface area contributed by atoms with Gasteiger partial charge in [-0.25, -0.2) is 0 Å². The van der Waals surface area contributed by atoms with Crippen LogP contribution in [0.4, 0.5) is 0 Å². The second-order valence-corrected chi connectivity index (χ2v) is 5.02. The van der Waals surface area contributed by atoms with Crippen molar-refractivity contribution in [3.63, 3.8) is 0 Å². The number of aliphatic carboxylic acids is 1. The minimum absolute atomic E-state index is 0.226. The average molecular weight is 305 g/mol. The van der Waals surface area contributed by atoms with Gasteiger partial charge < -0.3 is 10.0 Å². The molecule has 0 bridgehead atoms. The SMILES string of the molecule is CCn1ncc(CN(C)C(=O)c2ccn(CC(=O)O)n2)c1C. The average Bonchev–Trinajstić information content (AvgIpc) is 3.05. The van der Waals surface area contributed by atoms with Gasteiger partial charge in [0.15, 0.2) is 0 Å². The van der Waals surface area contributed by atoms with Crippen molar-refractivity contribution >= 4 is 11.9 Å². The molecule has 2 heterocycles. The molecule has 0 fully saturated rings. The third kappa shape index (κ3) is 3.33. The van der Waals surface area contributed by atoms with Crippen molar-refractivity contribution in [2.75, 3.05) is 7.05 Å². The second kappa shape index (κ2) is 6.42. The van der Waals surface area contributed by atoms with Gasteiger partial charge in [-0.1, -0.05) is 0 Å². The molecule has 0 aliphatic heterocycles. The van der Waals surface area contributed by atoms with Crippen molar-refractivity contribution in [1.29, 1.82) is 0 Å². The predicted octanol–water partition coefficient (Wildman–Crippen LogP) is 0.765. The Balaban J connectivity index is 2.06. The number of nitrogens with zero attached hydrogens (tertiary/aromatic N) is 5. The summed E-state index contributed by atoms with van der Waals surface area (Å²) in [6.07, 6.45) is 3.24. The van der Waals surface area contributed by atoms with Gasteiger partial charge in [-0.15, -0.1) is 0 Å². The minimum atomic E-state index is -1.00. The maximum absolute atomic E-state index is 12.3. The van der Waals surface area contributed by atoms with Crippen LogP contribution in [-0.2, 0) is 24.4 Å². The fourth-order valence-corrected chi connectivity index (χ4v) is 2.18. The number of carbonyl (C=O) groups is 2. The zero-order valence-electron chi connectivity index (χ0n) is 12.9. The minimum Gasteiger partial charge on any atom is -0.480 e. The Morgan fingerprint density at radius 1 is 1.41 bits per heavy atom. The highest BCUT2D eigenvalue weighted by atomic mass is 16.4. The van der Waals surface area contributed by atoms with E-state index in [2.05, 4.69) is 10.2 Å². The molecular weight excluding hydrogens is 286 g/mol. The van der Waals surface area contributed by atoms with E-state index in [1.807, 2.05) is 18.5 Å². The van der Waals surface area contributed by atoms with Crippen LogP contribution >= 0.6 is 0 Å². The highest BCUT2D eigenvalue weighted by molar-refractivity contribution is 5.92. The van der Waals surface area contributed by atoms with E-state index in [1.54, 1.807) is 13.2 Å². The Hall–Kier alpha value is -2.64. The van der Waals surface area contributed by atoms with Crippen molar-refractivity contribution < 1.29 is 14.7 Å². The summed E-state index contributed by atoms with van der Waals surface area (Å²) in [7, 11) is 1.68. The van der Waals surface area contributed by atoms with Crippen LogP contribution in [0.2, 0.25) is 0 Å². The van der Waals surface area contributed by atoms with Gasteiger partial charge in [0, 0.05) is 37.6 Å². The molecule has 0 radical (unpaired) electrons. The lowest BCUT2D eigenvalue weighted by atomic mass is 10.2. The third-order valence-corrected chi connectivity index (χ3v) is 3.42. The summed E-state index contributed by atoms with van der Waals surface area (Å²) in [5.74, 6) is -1.26. The van der Waals surface area contributed by atoms with Gasteiger partial charge in [-0.2, -0.15) is 10.2 Å². The fraction of sp³-hybridized carbons (Fsp3) is 0.429. The van der Waals surface area contributed by atoms with Crippen LogP contribution in [0.1, 0.15) is 28.7 Å². The molecule has 8 heteroatoms. The van der Waals surface area contributed by atoms with E-state index in [-0.39, 0.29) is 18.1 Å². The standard InChI is InChI=1S/C14H19N5O3/c1-4-19-10(2)11(7-15-19)8-17(3)14(22)12-5-6-18(16-12)9-13(20)21/h5-7H,4,8-9H2,1-3H3,(H,20,21). The van der Waals surface area contributed by atoms with E-state index < -0.39 is 5.97 Å². The zero-order chi connectivity index (χ0) is 16.3. The van der Waals surface area contributed by atoms with Gasteiger partial charge in [-0.3, -0.25) is 19.0 Å². The number of hydrogen-bond acceptors (Lipinski definition) is 4. The Bertz CT molecular complexity index is 688. The summed E-state index contributed by atoms with van der Waals surface area (Å²) < 4.78 is 3.10. The van der Waals surface area contributed by atoms with E-state index in [1.165, 1.54) is 21.8 Å². The molecule has 8 nitrogen and oxygen atoms in total. The molecule has 1 amide bonds. The first-order chi connectivity index (χ1) is 10.4. The smallest absolute Gasteiger partial charge is 0.325 e. The van der Waals surface area contributed by atoms with E-state index in [9.17, 15) is 9.59 Å². The number of carbonyl (C=O) groups excluding carboxylic acids is 1. The molecule has 22 heavy (non-hydrogen) atoms. The molecule has 0 spiro atoms. The summed E-state index contributed by atoms with van der Waals surface area (Å²) in [5.41, 5.74) is 2.23. The largest absolute Gasteiger partial charge is 0.480 e. The molecule has 118 valence electrons. The normalized spacial score (nSPS) is 10.7. The molecule has 0 aliphatic carbocycles. The van der Waals surface area contributed by atoms with Gasteiger partial charge in [0.2, 0.25) is 0 Å². The summed E-state index contributed by atoms with van der Waals surface area (Å²) in [4.78, 5) is 24.5. The van der Waals surface area contributed by atoms with Gasteiger partial charge in [-0.05, 0) is 19.9 Å². The number of carboxylic acid groups (broad SMARTS) is 1. The number of aromatic nitrogens is 4. The van der Waals surface area contributed by atoms with Crippen molar-refractivity contribution in [2.45, 2.75) is 33.5 Å². The lowest BCUT2D eigenvalue weighted by Gasteiger charge is -2.15. The van der Waals surface area contributed by atoms with E-state index >= 15 is 0 Å². The first kappa shape index (κ1) is 15.7. The van der Waals surface area contributed by atoms with Gasteiger partial charge in [0.1, 0.15) is 12.2 Å². The van der Waals surface area contributed by atoms with Crippen LogP contribution < -0.4 is 0 Å². The molecule has 0 aromatic carbocycles. The Kier molecular flexibility index (Phi) is 4.59. The molecule has 0 unspecified atom stereocenters. The lowest BCUT2D eigenvalue weighted by Crippen LogP contribution is -2.27. The Morgan fingerprint density at radius 2 is 2.14 bits per heavy atom. The van der Waals surface area contributed by atoms with Crippen molar-refractivity contribution in [1.82, 2.24) is 24.5 Å². The number of aryl methyl sites for hydroxylation is 1. The van der Waals surface area contributed by atoms with Crippen LogP contribution in [0.3, 0.4) is 0 Å². The number of rotatable bonds is 6. The Labute approximate surface area is 127 Å². The van der Waals surface area contributed by atoms with E-state index in [0.29, 0.717) is 6.54 Å². The van der Waals surface area contributed by atoms with E-state index in [4.69, 9.17) is 5.11 Å². The van der Waals surface area contributed by atoms with Crippen LogP contribution in [0, 0.1) is 6.92 Å². The number of amides is 1. The van der Waals surface area contributed by atoms with Gasteiger partial charge in [0.25, 0.3) is 5.91 Å². The fourth-order valence-electron chi connectivity index (χ4n) is 2.18. The first-order valence-corrected chi connectivity index (χ1v) is 6.94. The summed E-state index contributed by atoms with van der Waals surface area (Å²) in [6.45, 7) is 4.92. The Morgan fingerprint density at radius 3 is 2.73 bits per heavy atom. The predicted molar refractivity (Wildman–Crippen MR) is 78.3 cm³/mol. The van der Waals surface area contributed by atoms with Crippen LogP contribution in [0.15, 0.2) is 18.5 Å². The zero-order valence-corrected chi connectivity index (χ0v) is 12.9. The van der Waals surface area contributed by atoms with Gasteiger partial charge in [0.05, 0.1) is 6.20 Å². The summed E-state index contributed by atoms with van der Waals surface area (Å²) in [5, 5.41) is 16.9. The molecule has 2 aromatic rings.